The summed E-state index contributed by atoms with van der Waals surface area (Å²) < 4.78 is 5.70. The van der Waals surface area contributed by atoms with E-state index in [9.17, 15) is 14.4 Å². The van der Waals surface area contributed by atoms with Crippen LogP contribution in [0, 0.1) is 11.8 Å². The van der Waals surface area contributed by atoms with Crippen LogP contribution < -0.4 is 4.74 Å². The SMILES string of the molecule is C[C@H](C(=O)Oc1cccc2cccnc12)N1C(=O)[C@@H]2C3c4ccccc4C(c4ccccc43)[C@@H]2C1=O. The van der Waals surface area contributed by atoms with E-state index < -0.39 is 23.8 Å². The number of aromatic nitrogens is 1. The molecule has 2 amide bonds. The van der Waals surface area contributed by atoms with Crippen LogP contribution >= 0.6 is 0 Å². The first-order chi connectivity index (χ1) is 17.6. The number of fused-ring (bicyclic) bond motifs is 1. The average molecular weight is 475 g/mol. The molecule has 3 atom stereocenters. The zero-order chi connectivity index (χ0) is 24.6. The molecule has 2 bridgehead atoms. The molecule has 4 aromatic rings. The van der Waals surface area contributed by atoms with Gasteiger partial charge in [0.25, 0.3) is 0 Å². The maximum Gasteiger partial charge on any atom is 0.334 e. The molecule has 3 aromatic carbocycles. The van der Waals surface area contributed by atoms with E-state index in [1.54, 1.807) is 25.3 Å². The van der Waals surface area contributed by atoms with Crippen molar-refractivity contribution in [2.24, 2.45) is 11.8 Å². The number of nitrogens with zero attached hydrogens (tertiary/aromatic N) is 2. The fraction of sp³-hybridized carbons (Fsp3) is 0.200. The lowest BCUT2D eigenvalue weighted by Crippen LogP contribution is -2.45. The molecular weight excluding hydrogens is 452 g/mol. The monoisotopic (exact) mass is 474 g/mol. The van der Waals surface area contributed by atoms with E-state index in [4.69, 9.17) is 4.74 Å². The van der Waals surface area contributed by atoms with Crippen molar-refractivity contribution < 1.29 is 19.1 Å². The number of amides is 2. The zero-order valence-corrected chi connectivity index (χ0v) is 19.5. The van der Waals surface area contributed by atoms with E-state index in [1.165, 1.54) is 0 Å². The second kappa shape index (κ2) is 7.59. The second-order valence-electron chi connectivity index (χ2n) is 9.74. The van der Waals surface area contributed by atoms with E-state index in [0.717, 1.165) is 32.5 Å². The molecule has 0 spiro atoms. The van der Waals surface area contributed by atoms with Gasteiger partial charge in [0.15, 0.2) is 5.75 Å². The Morgan fingerprint density at radius 1 is 0.778 bits per heavy atom. The van der Waals surface area contributed by atoms with Gasteiger partial charge in [-0.25, -0.2) is 4.79 Å². The van der Waals surface area contributed by atoms with Gasteiger partial charge in [0, 0.05) is 23.4 Å². The Morgan fingerprint density at radius 3 is 1.86 bits per heavy atom. The molecule has 176 valence electrons. The Morgan fingerprint density at radius 2 is 1.31 bits per heavy atom. The van der Waals surface area contributed by atoms with Crippen LogP contribution in [0.2, 0.25) is 0 Å². The molecule has 8 rings (SSSR count). The van der Waals surface area contributed by atoms with E-state index in [1.807, 2.05) is 42.5 Å². The topological polar surface area (TPSA) is 76.6 Å². The van der Waals surface area contributed by atoms with Gasteiger partial charge in [0.05, 0.1) is 11.8 Å². The number of esters is 1. The van der Waals surface area contributed by atoms with E-state index >= 15 is 0 Å². The summed E-state index contributed by atoms with van der Waals surface area (Å²) in [7, 11) is 0. The number of carbonyl (C=O) groups excluding carboxylic acids is 3. The largest absolute Gasteiger partial charge is 0.423 e. The quantitative estimate of drug-likeness (QED) is 0.250. The predicted molar refractivity (Wildman–Crippen MR) is 132 cm³/mol. The highest BCUT2D eigenvalue weighted by Gasteiger charge is 2.62. The minimum absolute atomic E-state index is 0.209. The molecule has 1 aliphatic heterocycles. The van der Waals surface area contributed by atoms with Crippen LogP contribution in [0.5, 0.6) is 5.75 Å². The van der Waals surface area contributed by atoms with Crippen molar-refractivity contribution in [3.8, 4) is 5.75 Å². The standard InChI is InChI=1S/C30H22N2O4/c1-16(30(35)36-22-14-6-8-17-9-7-15-31-27(17)22)32-28(33)25-23-18-10-2-3-11-19(18)24(26(25)29(32)34)21-13-5-4-12-20(21)23/h2-16,23-26H,1H3/t16-,23?,24?,25-,26+/m1/s1. The van der Waals surface area contributed by atoms with Gasteiger partial charge < -0.3 is 4.74 Å². The molecule has 0 radical (unpaired) electrons. The Kier molecular flexibility index (Phi) is 4.43. The van der Waals surface area contributed by atoms with Gasteiger partial charge in [0.1, 0.15) is 11.6 Å². The number of pyridine rings is 1. The number of hydrogen-bond donors (Lipinski definition) is 0. The number of benzene rings is 3. The number of carbonyl (C=O) groups is 3. The van der Waals surface area contributed by atoms with Crippen LogP contribution in [0.3, 0.4) is 0 Å². The smallest absolute Gasteiger partial charge is 0.334 e. The van der Waals surface area contributed by atoms with Gasteiger partial charge in [-0.1, -0.05) is 66.7 Å². The normalized spacial score (nSPS) is 24.3. The molecule has 36 heavy (non-hydrogen) atoms. The zero-order valence-electron chi connectivity index (χ0n) is 19.5. The fourth-order valence-electron chi connectivity index (χ4n) is 6.54. The van der Waals surface area contributed by atoms with Crippen molar-refractivity contribution in [3.63, 3.8) is 0 Å². The number of para-hydroxylation sites is 1. The summed E-state index contributed by atoms with van der Waals surface area (Å²) in [6.07, 6.45) is 1.63. The average Bonchev–Trinajstić information content (AvgIpc) is 3.18. The van der Waals surface area contributed by atoms with Crippen molar-refractivity contribution in [2.45, 2.75) is 24.8 Å². The first kappa shape index (κ1) is 21.0. The highest BCUT2D eigenvalue weighted by Crippen LogP contribution is 2.61. The van der Waals surface area contributed by atoms with Crippen molar-refractivity contribution in [1.29, 1.82) is 0 Å². The first-order valence-electron chi connectivity index (χ1n) is 12.2. The third-order valence-corrected chi connectivity index (χ3v) is 8.02. The summed E-state index contributed by atoms with van der Waals surface area (Å²) in [4.78, 5) is 46.4. The molecule has 1 saturated heterocycles. The lowest BCUT2D eigenvalue weighted by atomic mass is 9.55. The number of rotatable bonds is 3. The van der Waals surface area contributed by atoms with Gasteiger partial charge in [-0.2, -0.15) is 0 Å². The Hall–Kier alpha value is -4.32. The van der Waals surface area contributed by atoms with E-state index in [2.05, 4.69) is 29.2 Å². The van der Waals surface area contributed by atoms with Gasteiger partial charge in [-0.3, -0.25) is 19.5 Å². The molecule has 6 nitrogen and oxygen atoms in total. The van der Waals surface area contributed by atoms with Crippen LogP contribution in [0.25, 0.3) is 10.9 Å². The molecular formula is C30H22N2O4. The summed E-state index contributed by atoms with van der Waals surface area (Å²) >= 11 is 0. The van der Waals surface area contributed by atoms with Crippen molar-refractivity contribution in [2.75, 3.05) is 0 Å². The molecule has 1 aromatic heterocycles. The molecule has 3 aliphatic carbocycles. The summed E-state index contributed by atoms with van der Waals surface area (Å²) in [5, 5.41) is 0.835. The minimum atomic E-state index is -1.06. The van der Waals surface area contributed by atoms with Gasteiger partial charge >= 0.3 is 5.97 Å². The van der Waals surface area contributed by atoms with Crippen molar-refractivity contribution in [1.82, 2.24) is 9.88 Å². The van der Waals surface area contributed by atoms with E-state index in [0.29, 0.717) is 11.3 Å². The minimum Gasteiger partial charge on any atom is -0.423 e. The number of imide groups is 1. The predicted octanol–water partition coefficient (Wildman–Crippen LogP) is 4.42. The van der Waals surface area contributed by atoms with Gasteiger partial charge in [-0.15, -0.1) is 0 Å². The Labute approximate surface area is 207 Å². The molecule has 0 unspecified atom stereocenters. The van der Waals surface area contributed by atoms with Crippen LogP contribution in [-0.4, -0.2) is 33.7 Å². The summed E-state index contributed by atoms with van der Waals surface area (Å²) in [6, 6.07) is 24.1. The highest BCUT2D eigenvalue weighted by molar-refractivity contribution is 6.10. The maximum absolute atomic E-state index is 13.9. The third-order valence-electron chi connectivity index (χ3n) is 8.02. The fourth-order valence-corrected chi connectivity index (χ4v) is 6.54. The lowest BCUT2D eigenvalue weighted by molar-refractivity contribution is -0.152. The first-order valence-corrected chi connectivity index (χ1v) is 12.2. The maximum atomic E-state index is 13.9. The van der Waals surface area contributed by atoms with Crippen LogP contribution in [0.15, 0.2) is 85.1 Å². The molecule has 2 heterocycles. The summed E-state index contributed by atoms with van der Waals surface area (Å²) in [6.45, 7) is 1.57. The van der Waals surface area contributed by atoms with Crippen molar-refractivity contribution >= 4 is 28.7 Å². The second-order valence-corrected chi connectivity index (χ2v) is 9.74. The van der Waals surface area contributed by atoms with Crippen LogP contribution in [0.4, 0.5) is 0 Å². The summed E-state index contributed by atoms with van der Waals surface area (Å²) in [5.41, 5.74) is 4.95. The van der Waals surface area contributed by atoms with Crippen molar-refractivity contribution in [3.05, 3.63) is 107 Å². The van der Waals surface area contributed by atoms with Gasteiger partial charge in [0.2, 0.25) is 11.8 Å². The highest BCUT2D eigenvalue weighted by atomic mass is 16.5. The van der Waals surface area contributed by atoms with Gasteiger partial charge in [-0.05, 0) is 41.3 Å². The number of ether oxygens (including phenoxy) is 1. The van der Waals surface area contributed by atoms with Crippen LogP contribution in [0.1, 0.15) is 41.0 Å². The molecule has 0 saturated carbocycles. The molecule has 4 aliphatic rings. The lowest BCUT2D eigenvalue weighted by Gasteiger charge is -2.45. The molecule has 0 N–H and O–H groups in total. The Bertz CT molecular complexity index is 1470. The third kappa shape index (κ3) is 2.72. The summed E-state index contributed by atoms with van der Waals surface area (Å²) in [5.74, 6) is -2.42. The Balaban J connectivity index is 1.25. The van der Waals surface area contributed by atoms with E-state index in [-0.39, 0.29) is 23.7 Å². The number of likely N-dealkylation sites (tertiary alicyclic amines) is 1. The van der Waals surface area contributed by atoms with Crippen LogP contribution in [-0.2, 0) is 14.4 Å². The molecule has 1 fully saturated rings. The molecule has 6 heteroatoms. The number of hydrogen-bond acceptors (Lipinski definition) is 5.